The van der Waals surface area contributed by atoms with Crippen LogP contribution in [0.3, 0.4) is 0 Å². The van der Waals surface area contributed by atoms with Gasteiger partial charge in [0, 0.05) is 30.4 Å². The van der Waals surface area contributed by atoms with Crippen molar-refractivity contribution in [1.29, 1.82) is 0 Å². The van der Waals surface area contributed by atoms with Gasteiger partial charge in [0.25, 0.3) is 0 Å². The Morgan fingerprint density at radius 3 is 3.00 bits per heavy atom. The number of hydrogen-bond donors (Lipinski definition) is 1. The average molecular weight is 164 g/mol. The molecule has 0 fully saturated rings. The predicted octanol–water partition coefficient (Wildman–Crippen LogP) is 0.859. The van der Waals surface area contributed by atoms with Gasteiger partial charge in [-0.25, -0.2) is 0 Å². The van der Waals surface area contributed by atoms with Gasteiger partial charge in [0.15, 0.2) is 5.78 Å². The normalized spacial score (nSPS) is 12.5. The largest absolute Gasteiger partial charge is 0.330 e. The summed E-state index contributed by atoms with van der Waals surface area (Å²) < 4.78 is 0. The van der Waals surface area contributed by atoms with E-state index in [0.717, 1.165) is 0 Å². The Morgan fingerprint density at radius 1 is 1.75 bits per heavy atom. The third-order valence-corrected chi connectivity index (χ3v) is 1.75. The van der Waals surface area contributed by atoms with E-state index in [9.17, 15) is 4.79 Å². The Kier molecular flexibility index (Phi) is 2.94. The lowest BCUT2D eigenvalue weighted by Crippen LogP contribution is -2.20. The summed E-state index contributed by atoms with van der Waals surface area (Å²) >= 11 is 0. The summed E-state index contributed by atoms with van der Waals surface area (Å²) in [7, 11) is 0. The second kappa shape index (κ2) is 3.97. The van der Waals surface area contributed by atoms with Gasteiger partial charge >= 0.3 is 0 Å². The van der Waals surface area contributed by atoms with Gasteiger partial charge in [-0.1, -0.05) is 6.92 Å². The van der Waals surface area contributed by atoms with Crippen LogP contribution in [0, 0.1) is 5.92 Å². The lowest BCUT2D eigenvalue weighted by atomic mass is 10.0. The summed E-state index contributed by atoms with van der Waals surface area (Å²) in [5.41, 5.74) is 6.00. The zero-order chi connectivity index (χ0) is 8.97. The van der Waals surface area contributed by atoms with Crippen LogP contribution in [0.4, 0.5) is 0 Å². The van der Waals surface area contributed by atoms with Crippen molar-refractivity contribution in [2.75, 3.05) is 6.54 Å². The third kappa shape index (κ3) is 1.89. The summed E-state index contributed by atoms with van der Waals surface area (Å²) in [5.74, 6) is -0.0557. The van der Waals surface area contributed by atoms with Crippen LogP contribution in [0.5, 0.6) is 0 Å². The molecule has 1 unspecified atom stereocenters. The van der Waals surface area contributed by atoms with Crippen LogP contribution in [-0.4, -0.2) is 17.3 Å². The molecule has 0 radical (unpaired) electrons. The van der Waals surface area contributed by atoms with Crippen LogP contribution in [0.2, 0.25) is 0 Å². The first-order chi connectivity index (χ1) is 5.75. The Morgan fingerprint density at radius 2 is 2.50 bits per heavy atom. The first-order valence-electron chi connectivity index (χ1n) is 3.90. The van der Waals surface area contributed by atoms with E-state index in [-0.39, 0.29) is 11.7 Å². The van der Waals surface area contributed by atoms with Crippen molar-refractivity contribution in [3.63, 3.8) is 0 Å². The van der Waals surface area contributed by atoms with E-state index >= 15 is 0 Å². The molecule has 0 aliphatic rings. The maximum Gasteiger partial charge on any atom is 0.168 e. The quantitative estimate of drug-likeness (QED) is 0.674. The molecule has 0 aliphatic carbocycles. The Bertz CT molecular complexity index is 258. The van der Waals surface area contributed by atoms with E-state index in [1.165, 1.54) is 0 Å². The fourth-order valence-electron chi connectivity index (χ4n) is 0.900. The van der Waals surface area contributed by atoms with Crippen molar-refractivity contribution in [1.82, 2.24) is 4.98 Å². The van der Waals surface area contributed by atoms with Gasteiger partial charge in [-0.05, 0) is 12.1 Å². The number of nitrogens with zero attached hydrogens (tertiary/aromatic N) is 1. The van der Waals surface area contributed by atoms with E-state index < -0.39 is 0 Å². The highest BCUT2D eigenvalue weighted by molar-refractivity contribution is 5.97. The van der Waals surface area contributed by atoms with Crippen molar-refractivity contribution in [2.24, 2.45) is 11.7 Å². The molecule has 0 saturated heterocycles. The van der Waals surface area contributed by atoms with Crippen LogP contribution >= 0.6 is 0 Å². The molecule has 1 rings (SSSR count). The molecule has 0 bridgehead atoms. The van der Waals surface area contributed by atoms with E-state index in [0.29, 0.717) is 12.1 Å². The highest BCUT2D eigenvalue weighted by atomic mass is 16.1. The van der Waals surface area contributed by atoms with Crippen LogP contribution in [-0.2, 0) is 0 Å². The lowest BCUT2D eigenvalue weighted by molar-refractivity contribution is 0.0934. The molecule has 0 aliphatic heterocycles. The monoisotopic (exact) mass is 164 g/mol. The minimum absolute atomic E-state index is 0.0607. The Balaban J connectivity index is 2.79. The molecule has 2 N–H and O–H groups in total. The molecule has 64 valence electrons. The molecule has 0 aromatic carbocycles. The first-order valence-corrected chi connectivity index (χ1v) is 3.90. The van der Waals surface area contributed by atoms with Crippen LogP contribution in [0.1, 0.15) is 17.3 Å². The van der Waals surface area contributed by atoms with Crippen molar-refractivity contribution >= 4 is 5.78 Å². The van der Waals surface area contributed by atoms with Crippen LogP contribution in [0.15, 0.2) is 24.5 Å². The lowest BCUT2D eigenvalue weighted by Gasteiger charge is -2.05. The molecule has 0 saturated carbocycles. The number of rotatable bonds is 3. The molecule has 12 heavy (non-hydrogen) atoms. The van der Waals surface area contributed by atoms with E-state index in [1.807, 2.05) is 6.92 Å². The summed E-state index contributed by atoms with van der Waals surface area (Å²) in [6.07, 6.45) is 3.21. The number of carbonyl (C=O) groups is 1. The van der Waals surface area contributed by atoms with Gasteiger partial charge < -0.3 is 5.73 Å². The minimum atomic E-state index is -0.116. The molecule has 3 nitrogen and oxygen atoms in total. The van der Waals surface area contributed by atoms with Crippen LogP contribution in [0.25, 0.3) is 0 Å². The maximum absolute atomic E-state index is 11.5. The number of hydrogen-bond acceptors (Lipinski definition) is 3. The van der Waals surface area contributed by atoms with Gasteiger partial charge in [0.1, 0.15) is 0 Å². The zero-order valence-electron chi connectivity index (χ0n) is 7.03. The number of ketones is 1. The van der Waals surface area contributed by atoms with Gasteiger partial charge in [-0.3, -0.25) is 9.78 Å². The topological polar surface area (TPSA) is 56.0 Å². The molecular weight excluding hydrogens is 152 g/mol. The second-order valence-electron chi connectivity index (χ2n) is 2.74. The highest BCUT2D eigenvalue weighted by Gasteiger charge is 2.12. The van der Waals surface area contributed by atoms with Crippen molar-refractivity contribution < 1.29 is 4.79 Å². The standard InChI is InChI=1S/C9H12N2O/c1-7(5-10)9(12)8-3-2-4-11-6-8/h2-4,6-7H,5,10H2,1H3. The second-order valence-corrected chi connectivity index (χ2v) is 2.74. The zero-order valence-corrected chi connectivity index (χ0v) is 7.03. The van der Waals surface area contributed by atoms with Crippen molar-refractivity contribution in [3.05, 3.63) is 30.1 Å². The molecule has 0 amide bonds. The van der Waals surface area contributed by atoms with E-state index in [2.05, 4.69) is 4.98 Å². The van der Waals surface area contributed by atoms with Gasteiger partial charge in [-0.2, -0.15) is 0 Å². The summed E-state index contributed by atoms with van der Waals surface area (Å²) in [6, 6.07) is 3.50. The smallest absolute Gasteiger partial charge is 0.168 e. The van der Waals surface area contributed by atoms with Gasteiger partial charge in [0.05, 0.1) is 0 Å². The highest BCUT2D eigenvalue weighted by Crippen LogP contribution is 2.05. The fraction of sp³-hybridized carbons (Fsp3) is 0.333. The first kappa shape index (κ1) is 8.87. The predicted molar refractivity (Wildman–Crippen MR) is 46.8 cm³/mol. The maximum atomic E-state index is 11.5. The average Bonchev–Trinajstić information content (AvgIpc) is 2.17. The SMILES string of the molecule is CC(CN)C(=O)c1cccnc1. The molecule has 0 spiro atoms. The summed E-state index contributed by atoms with van der Waals surface area (Å²) in [5, 5.41) is 0. The van der Waals surface area contributed by atoms with Gasteiger partial charge in [0.2, 0.25) is 0 Å². The number of nitrogens with two attached hydrogens (primary N) is 1. The third-order valence-electron chi connectivity index (χ3n) is 1.75. The summed E-state index contributed by atoms with van der Waals surface area (Å²) in [6.45, 7) is 2.20. The molecule has 1 atom stereocenters. The van der Waals surface area contributed by atoms with E-state index in [1.54, 1.807) is 24.5 Å². The molecule has 1 aromatic rings. The number of aromatic nitrogens is 1. The Labute approximate surface area is 71.6 Å². The fourth-order valence-corrected chi connectivity index (χ4v) is 0.900. The molecule has 1 aromatic heterocycles. The van der Waals surface area contributed by atoms with Gasteiger partial charge in [-0.15, -0.1) is 0 Å². The Hall–Kier alpha value is -1.22. The van der Waals surface area contributed by atoms with E-state index in [4.69, 9.17) is 5.73 Å². The molecule has 3 heteroatoms. The minimum Gasteiger partial charge on any atom is -0.330 e. The molecule has 1 heterocycles. The van der Waals surface area contributed by atoms with Crippen molar-refractivity contribution in [3.8, 4) is 0 Å². The van der Waals surface area contributed by atoms with Crippen LogP contribution < -0.4 is 5.73 Å². The van der Waals surface area contributed by atoms with Crippen molar-refractivity contribution in [2.45, 2.75) is 6.92 Å². The summed E-state index contributed by atoms with van der Waals surface area (Å²) in [4.78, 5) is 15.3. The molecular formula is C9H12N2O. The number of pyridine rings is 1. The number of carbonyl (C=O) groups excluding carboxylic acids is 1. The number of Topliss-reactive ketones (excluding diaryl/α,β-unsaturated/α-hetero) is 1.